The van der Waals surface area contributed by atoms with E-state index in [9.17, 15) is 0 Å². The largest absolute Gasteiger partial charge is 0.455 e. The lowest BCUT2D eigenvalue weighted by Gasteiger charge is -2.31. The van der Waals surface area contributed by atoms with Gasteiger partial charge in [-0.1, -0.05) is 145 Å². The van der Waals surface area contributed by atoms with Crippen molar-refractivity contribution in [3.63, 3.8) is 0 Å². The van der Waals surface area contributed by atoms with E-state index in [0.29, 0.717) is 5.92 Å². The fraction of sp³-hybridized carbons (Fsp3) is 0.184. The van der Waals surface area contributed by atoms with Gasteiger partial charge in [-0.3, -0.25) is 0 Å². The van der Waals surface area contributed by atoms with Crippen molar-refractivity contribution in [2.45, 2.75) is 58.3 Å². The molecular formula is C49H41NO. The van der Waals surface area contributed by atoms with Crippen LogP contribution >= 0.6 is 0 Å². The summed E-state index contributed by atoms with van der Waals surface area (Å²) in [4.78, 5) is 2.55. The fourth-order valence-electron chi connectivity index (χ4n) is 9.50. The van der Waals surface area contributed by atoms with E-state index < -0.39 is 0 Å². The van der Waals surface area contributed by atoms with Crippen molar-refractivity contribution in [3.05, 3.63) is 161 Å². The summed E-state index contributed by atoms with van der Waals surface area (Å²) in [6, 6.07) is 49.7. The topological polar surface area (TPSA) is 16.4 Å². The molecule has 2 nitrogen and oxygen atoms in total. The number of hydrogen-bond donors (Lipinski definition) is 0. The van der Waals surface area contributed by atoms with Crippen LogP contribution in [0.25, 0.3) is 55.0 Å². The van der Waals surface area contributed by atoms with Gasteiger partial charge in [0.1, 0.15) is 11.2 Å². The number of hydrogen-bond acceptors (Lipinski definition) is 2. The highest BCUT2D eigenvalue weighted by atomic mass is 16.3. The third kappa shape index (κ3) is 4.05. The highest BCUT2D eigenvalue weighted by Crippen LogP contribution is 2.57. The molecule has 0 saturated heterocycles. The summed E-state index contributed by atoms with van der Waals surface area (Å²) in [7, 11) is 0. The van der Waals surface area contributed by atoms with Gasteiger partial charge in [-0.05, 0) is 80.8 Å². The zero-order valence-corrected chi connectivity index (χ0v) is 30.1. The predicted octanol–water partition coefficient (Wildman–Crippen LogP) is 13.9. The Morgan fingerprint density at radius 2 is 1.14 bits per heavy atom. The summed E-state index contributed by atoms with van der Waals surface area (Å²) in [5, 5.41) is 4.67. The number of rotatable bonds is 4. The zero-order valence-electron chi connectivity index (χ0n) is 30.1. The number of furan rings is 1. The minimum Gasteiger partial charge on any atom is -0.455 e. The number of fused-ring (bicyclic) bond motifs is 11. The third-order valence-corrected chi connectivity index (χ3v) is 12.0. The lowest BCUT2D eigenvalue weighted by molar-refractivity contribution is 0.660. The molecule has 2 aliphatic rings. The first-order chi connectivity index (χ1) is 24.7. The van der Waals surface area contributed by atoms with Crippen LogP contribution in [0, 0.1) is 0 Å². The highest BCUT2D eigenvalue weighted by molar-refractivity contribution is 6.20. The monoisotopic (exact) mass is 659 g/mol. The second-order valence-electron chi connectivity index (χ2n) is 15.9. The van der Waals surface area contributed by atoms with Crippen molar-refractivity contribution in [1.82, 2.24) is 0 Å². The van der Waals surface area contributed by atoms with Crippen LogP contribution in [0.15, 0.2) is 138 Å². The molecular weight excluding hydrogens is 619 g/mol. The Kier molecular flexibility index (Phi) is 6.20. The lowest BCUT2D eigenvalue weighted by atomic mass is 9.82. The second kappa shape index (κ2) is 10.5. The fourth-order valence-corrected chi connectivity index (χ4v) is 9.50. The van der Waals surface area contributed by atoms with E-state index in [-0.39, 0.29) is 10.8 Å². The van der Waals surface area contributed by atoms with E-state index in [1.54, 1.807) is 0 Å². The SMILES string of the molecule is CC(C)c1cccc2oc3c4ccccc4c(N(c4ccc5c(c4)-c4ccccc4C5(C)C)c4cccc5c4-c4ccccc4C5(C)C)cc3c12. The molecule has 0 atom stereocenters. The predicted molar refractivity (Wildman–Crippen MR) is 215 cm³/mol. The molecule has 1 heterocycles. The van der Waals surface area contributed by atoms with E-state index in [4.69, 9.17) is 4.42 Å². The summed E-state index contributed by atoms with van der Waals surface area (Å²) in [5.74, 6) is 0.358. The maximum atomic E-state index is 6.75. The summed E-state index contributed by atoms with van der Waals surface area (Å²) in [5.41, 5.74) is 17.3. The quantitative estimate of drug-likeness (QED) is 0.187. The van der Waals surface area contributed by atoms with Crippen molar-refractivity contribution < 1.29 is 4.42 Å². The van der Waals surface area contributed by atoms with Gasteiger partial charge in [0, 0.05) is 43.6 Å². The van der Waals surface area contributed by atoms with Crippen molar-refractivity contribution >= 4 is 49.8 Å². The van der Waals surface area contributed by atoms with Crippen LogP contribution in [0.2, 0.25) is 0 Å². The second-order valence-corrected chi connectivity index (χ2v) is 15.9. The van der Waals surface area contributed by atoms with Crippen LogP contribution < -0.4 is 4.90 Å². The molecule has 2 heteroatoms. The molecule has 0 bridgehead atoms. The number of benzene rings is 7. The third-order valence-electron chi connectivity index (χ3n) is 12.0. The Bertz CT molecular complexity index is 2740. The molecule has 0 amide bonds. The van der Waals surface area contributed by atoms with Gasteiger partial charge in [0.05, 0.1) is 11.4 Å². The van der Waals surface area contributed by atoms with E-state index in [1.165, 1.54) is 66.5 Å². The van der Waals surface area contributed by atoms with Gasteiger partial charge >= 0.3 is 0 Å². The average Bonchev–Trinajstić information content (AvgIpc) is 3.72. The molecule has 7 aromatic carbocycles. The Balaban J connectivity index is 1.34. The minimum absolute atomic E-state index is 0.0686. The van der Waals surface area contributed by atoms with Gasteiger partial charge in [0.15, 0.2) is 0 Å². The van der Waals surface area contributed by atoms with Gasteiger partial charge in [-0.2, -0.15) is 0 Å². The van der Waals surface area contributed by atoms with Gasteiger partial charge in [-0.25, -0.2) is 0 Å². The highest BCUT2D eigenvalue weighted by Gasteiger charge is 2.39. The smallest absolute Gasteiger partial charge is 0.143 e. The van der Waals surface area contributed by atoms with Crippen LogP contribution in [-0.4, -0.2) is 0 Å². The number of anilines is 3. The maximum Gasteiger partial charge on any atom is 0.143 e. The Labute approximate surface area is 300 Å². The summed E-state index contributed by atoms with van der Waals surface area (Å²) in [6.07, 6.45) is 0. The van der Waals surface area contributed by atoms with Crippen LogP contribution in [0.5, 0.6) is 0 Å². The first-order valence-electron chi connectivity index (χ1n) is 18.3. The van der Waals surface area contributed by atoms with Gasteiger partial charge in [0.2, 0.25) is 0 Å². The zero-order chi connectivity index (χ0) is 34.8. The maximum absolute atomic E-state index is 6.75. The molecule has 0 radical (unpaired) electrons. The van der Waals surface area contributed by atoms with Crippen molar-refractivity contribution in [2.24, 2.45) is 0 Å². The molecule has 10 rings (SSSR count). The lowest BCUT2D eigenvalue weighted by Crippen LogP contribution is -2.17. The van der Waals surface area contributed by atoms with Gasteiger partial charge in [-0.15, -0.1) is 0 Å². The van der Waals surface area contributed by atoms with E-state index in [2.05, 4.69) is 180 Å². The van der Waals surface area contributed by atoms with Gasteiger partial charge in [0.25, 0.3) is 0 Å². The van der Waals surface area contributed by atoms with Crippen LogP contribution in [0.4, 0.5) is 17.1 Å². The van der Waals surface area contributed by atoms with Gasteiger partial charge < -0.3 is 9.32 Å². The summed E-state index contributed by atoms with van der Waals surface area (Å²) in [6.45, 7) is 14.0. The van der Waals surface area contributed by atoms with Crippen LogP contribution in [0.3, 0.4) is 0 Å². The first-order valence-corrected chi connectivity index (χ1v) is 18.3. The Morgan fingerprint density at radius 3 is 1.92 bits per heavy atom. The van der Waals surface area contributed by atoms with Crippen LogP contribution in [0.1, 0.15) is 75.3 Å². The van der Waals surface area contributed by atoms with Crippen LogP contribution in [-0.2, 0) is 10.8 Å². The molecule has 0 aliphatic heterocycles. The van der Waals surface area contributed by atoms with Crippen molar-refractivity contribution in [2.75, 3.05) is 4.90 Å². The number of nitrogens with zero attached hydrogens (tertiary/aromatic N) is 1. The van der Waals surface area contributed by atoms with E-state index >= 15 is 0 Å². The molecule has 8 aromatic rings. The molecule has 0 spiro atoms. The van der Waals surface area contributed by atoms with E-state index in [0.717, 1.165) is 33.3 Å². The molecule has 0 unspecified atom stereocenters. The Morgan fingerprint density at radius 1 is 0.510 bits per heavy atom. The molecule has 0 N–H and O–H groups in total. The van der Waals surface area contributed by atoms with Crippen molar-refractivity contribution in [1.29, 1.82) is 0 Å². The average molecular weight is 660 g/mol. The van der Waals surface area contributed by atoms with Crippen molar-refractivity contribution in [3.8, 4) is 22.3 Å². The minimum atomic E-state index is -0.118. The molecule has 0 fully saturated rings. The molecule has 51 heavy (non-hydrogen) atoms. The Hall–Kier alpha value is -5.60. The van der Waals surface area contributed by atoms with E-state index in [1.807, 2.05) is 0 Å². The first kappa shape index (κ1) is 30.2. The molecule has 0 saturated carbocycles. The summed E-state index contributed by atoms with van der Waals surface area (Å²) < 4.78 is 6.75. The summed E-state index contributed by atoms with van der Waals surface area (Å²) >= 11 is 0. The molecule has 2 aliphatic carbocycles. The molecule has 248 valence electrons. The standard InChI is InChI=1S/C49H41NO/c1-29(2)31-19-13-24-44-45(31)37-28-43(33-16-7-8-17-34(33)47(37)51-44)50(30-25-26-40-36(27-30)32-15-9-11-20-38(32)48(40,3)4)42-23-14-22-41-46(42)35-18-10-12-21-39(35)49(41,5)6/h7-29H,1-6H3. The normalized spacial score (nSPS) is 15.0. The molecule has 1 aromatic heterocycles.